The van der Waals surface area contributed by atoms with Crippen LogP contribution in [-0.2, 0) is 20.9 Å². The molecule has 0 amide bonds. The van der Waals surface area contributed by atoms with Crippen LogP contribution < -0.4 is 0 Å². The Kier molecular flexibility index (Phi) is 4.46. The fourth-order valence-corrected chi connectivity index (χ4v) is 1.91. The van der Waals surface area contributed by atoms with Gasteiger partial charge in [0.1, 0.15) is 6.61 Å². The first-order chi connectivity index (χ1) is 9.16. The van der Waals surface area contributed by atoms with Crippen molar-refractivity contribution in [1.29, 1.82) is 0 Å². The van der Waals surface area contributed by atoms with Gasteiger partial charge in [0.2, 0.25) is 0 Å². The number of hydrogen-bond acceptors (Lipinski definition) is 5. The van der Waals surface area contributed by atoms with Gasteiger partial charge in [-0.25, -0.2) is 0 Å². The molecule has 6 heteroatoms. The van der Waals surface area contributed by atoms with Crippen LogP contribution in [0.25, 0.3) is 0 Å². The van der Waals surface area contributed by atoms with Crippen molar-refractivity contribution in [3.05, 3.63) is 39.9 Å². The summed E-state index contributed by atoms with van der Waals surface area (Å²) in [4.78, 5) is 21.8. The maximum absolute atomic E-state index is 11.7. The second kappa shape index (κ2) is 6.29. The fourth-order valence-electron chi connectivity index (χ4n) is 1.91. The van der Waals surface area contributed by atoms with E-state index in [2.05, 4.69) is 0 Å². The SMILES string of the molecule is O=C(OCc1ccc([N+](=O)[O-])cc1)C1CCCOC1. The molecule has 1 unspecified atom stereocenters. The third kappa shape index (κ3) is 3.75. The number of carbonyl (C=O) groups is 1. The van der Waals surface area contributed by atoms with Crippen LogP contribution in [0.5, 0.6) is 0 Å². The van der Waals surface area contributed by atoms with Crippen molar-refractivity contribution in [3.8, 4) is 0 Å². The Morgan fingerprint density at radius 1 is 1.42 bits per heavy atom. The molecular weight excluding hydrogens is 250 g/mol. The van der Waals surface area contributed by atoms with Crippen LogP contribution >= 0.6 is 0 Å². The van der Waals surface area contributed by atoms with E-state index < -0.39 is 4.92 Å². The standard InChI is InChI=1S/C13H15NO5/c15-13(11-2-1-7-18-9-11)19-8-10-3-5-12(6-4-10)14(16)17/h3-6,11H,1-2,7-9H2. The smallest absolute Gasteiger partial charge is 0.311 e. The molecule has 1 aliphatic heterocycles. The number of nitro groups is 1. The third-order valence-corrected chi connectivity index (χ3v) is 3.02. The van der Waals surface area contributed by atoms with Crippen molar-refractivity contribution >= 4 is 11.7 Å². The molecule has 1 fully saturated rings. The molecule has 0 saturated carbocycles. The summed E-state index contributed by atoms with van der Waals surface area (Å²) in [5, 5.41) is 10.5. The predicted molar refractivity (Wildman–Crippen MR) is 66.4 cm³/mol. The number of esters is 1. The lowest BCUT2D eigenvalue weighted by Crippen LogP contribution is -2.26. The van der Waals surface area contributed by atoms with Gasteiger partial charge in [-0.15, -0.1) is 0 Å². The molecule has 1 aromatic carbocycles. The highest BCUT2D eigenvalue weighted by atomic mass is 16.6. The van der Waals surface area contributed by atoms with Gasteiger partial charge in [0.25, 0.3) is 5.69 Å². The number of hydrogen-bond donors (Lipinski definition) is 0. The number of benzene rings is 1. The molecule has 1 atom stereocenters. The van der Waals surface area contributed by atoms with E-state index in [-0.39, 0.29) is 24.2 Å². The van der Waals surface area contributed by atoms with Crippen molar-refractivity contribution in [3.63, 3.8) is 0 Å². The van der Waals surface area contributed by atoms with Gasteiger partial charge in [-0.05, 0) is 30.5 Å². The first-order valence-electron chi connectivity index (χ1n) is 6.14. The minimum atomic E-state index is -0.463. The first-order valence-corrected chi connectivity index (χ1v) is 6.14. The maximum atomic E-state index is 11.7. The van der Waals surface area contributed by atoms with Crippen LogP contribution in [0.3, 0.4) is 0 Å². The predicted octanol–water partition coefficient (Wildman–Crippen LogP) is 2.06. The lowest BCUT2D eigenvalue weighted by Gasteiger charge is -2.20. The number of nitrogens with zero attached hydrogens (tertiary/aromatic N) is 1. The summed E-state index contributed by atoms with van der Waals surface area (Å²) in [7, 11) is 0. The van der Waals surface area contributed by atoms with Crippen molar-refractivity contribution in [2.24, 2.45) is 5.92 Å². The normalized spacial score (nSPS) is 18.8. The lowest BCUT2D eigenvalue weighted by atomic mass is 10.0. The third-order valence-electron chi connectivity index (χ3n) is 3.02. The lowest BCUT2D eigenvalue weighted by molar-refractivity contribution is -0.384. The number of carbonyl (C=O) groups excluding carboxylic acids is 1. The molecule has 0 bridgehead atoms. The van der Waals surface area contributed by atoms with Gasteiger partial charge in [0, 0.05) is 18.7 Å². The zero-order valence-corrected chi connectivity index (χ0v) is 10.4. The summed E-state index contributed by atoms with van der Waals surface area (Å²) < 4.78 is 10.4. The molecule has 0 spiro atoms. The van der Waals surface area contributed by atoms with Crippen molar-refractivity contribution in [1.82, 2.24) is 0 Å². The topological polar surface area (TPSA) is 78.7 Å². The average Bonchev–Trinajstić information content (AvgIpc) is 2.46. The minimum absolute atomic E-state index is 0.0238. The number of nitro benzene ring substituents is 1. The quantitative estimate of drug-likeness (QED) is 0.473. The summed E-state index contributed by atoms with van der Waals surface area (Å²) >= 11 is 0. The van der Waals surface area contributed by atoms with E-state index in [1.54, 1.807) is 12.1 Å². The van der Waals surface area contributed by atoms with E-state index in [0.717, 1.165) is 18.4 Å². The van der Waals surface area contributed by atoms with E-state index in [4.69, 9.17) is 9.47 Å². The molecule has 102 valence electrons. The zero-order valence-electron chi connectivity index (χ0n) is 10.4. The molecule has 1 saturated heterocycles. The highest BCUT2D eigenvalue weighted by Gasteiger charge is 2.23. The molecular formula is C13H15NO5. The summed E-state index contributed by atoms with van der Waals surface area (Å²) in [5.41, 5.74) is 0.756. The van der Waals surface area contributed by atoms with E-state index in [1.165, 1.54) is 12.1 Å². The van der Waals surface area contributed by atoms with Crippen LogP contribution in [0.1, 0.15) is 18.4 Å². The highest BCUT2D eigenvalue weighted by molar-refractivity contribution is 5.72. The number of rotatable bonds is 4. The molecule has 6 nitrogen and oxygen atoms in total. The van der Waals surface area contributed by atoms with Gasteiger partial charge in [-0.2, -0.15) is 0 Å². The van der Waals surface area contributed by atoms with Gasteiger partial charge in [-0.3, -0.25) is 14.9 Å². The molecule has 0 N–H and O–H groups in total. The van der Waals surface area contributed by atoms with Crippen LogP contribution in [0, 0.1) is 16.0 Å². The van der Waals surface area contributed by atoms with Crippen molar-refractivity contribution < 1.29 is 19.2 Å². The van der Waals surface area contributed by atoms with E-state index in [0.29, 0.717) is 13.2 Å². The van der Waals surface area contributed by atoms with Gasteiger partial charge in [0.05, 0.1) is 17.4 Å². The van der Waals surface area contributed by atoms with Gasteiger partial charge in [0.15, 0.2) is 0 Å². The number of ether oxygens (including phenoxy) is 2. The van der Waals surface area contributed by atoms with Crippen molar-refractivity contribution in [2.75, 3.05) is 13.2 Å². The maximum Gasteiger partial charge on any atom is 0.311 e. The van der Waals surface area contributed by atoms with Gasteiger partial charge in [-0.1, -0.05) is 0 Å². The molecule has 1 aromatic rings. The molecule has 1 aliphatic rings. The van der Waals surface area contributed by atoms with E-state index >= 15 is 0 Å². The summed E-state index contributed by atoms with van der Waals surface area (Å²) in [6, 6.07) is 5.96. The Morgan fingerprint density at radius 3 is 2.74 bits per heavy atom. The Morgan fingerprint density at radius 2 is 2.16 bits per heavy atom. The van der Waals surface area contributed by atoms with Crippen LogP contribution in [0.4, 0.5) is 5.69 Å². The van der Waals surface area contributed by atoms with Crippen molar-refractivity contribution in [2.45, 2.75) is 19.4 Å². The number of non-ortho nitro benzene ring substituents is 1. The monoisotopic (exact) mass is 265 g/mol. The Bertz CT molecular complexity index is 451. The summed E-state index contributed by atoms with van der Waals surface area (Å²) in [5.74, 6) is -0.454. The Labute approximate surface area is 110 Å². The highest BCUT2D eigenvalue weighted by Crippen LogP contribution is 2.17. The molecule has 19 heavy (non-hydrogen) atoms. The zero-order chi connectivity index (χ0) is 13.7. The molecule has 0 aliphatic carbocycles. The second-order valence-electron chi connectivity index (χ2n) is 4.45. The van der Waals surface area contributed by atoms with Crippen LogP contribution in [0.15, 0.2) is 24.3 Å². The fraction of sp³-hybridized carbons (Fsp3) is 0.462. The minimum Gasteiger partial charge on any atom is -0.461 e. The summed E-state index contributed by atoms with van der Waals surface area (Å²) in [6.45, 7) is 1.25. The molecule has 0 aromatic heterocycles. The van der Waals surface area contributed by atoms with E-state index in [9.17, 15) is 14.9 Å². The Balaban J connectivity index is 1.84. The first kappa shape index (κ1) is 13.5. The Hall–Kier alpha value is -1.95. The van der Waals surface area contributed by atoms with Crippen LogP contribution in [-0.4, -0.2) is 24.1 Å². The summed E-state index contributed by atoms with van der Waals surface area (Å²) in [6.07, 6.45) is 1.66. The molecule has 2 rings (SSSR count). The largest absolute Gasteiger partial charge is 0.461 e. The second-order valence-corrected chi connectivity index (χ2v) is 4.45. The van der Waals surface area contributed by atoms with Gasteiger partial charge >= 0.3 is 5.97 Å². The molecule has 0 radical (unpaired) electrons. The van der Waals surface area contributed by atoms with Gasteiger partial charge < -0.3 is 9.47 Å². The average molecular weight is 265 g/mol. The molecule has 1 heterocycles. The van der Waals surface area contributed by atoms with Crippen LogP contribution in [0.2, 0.25) is 0 Å². The van der Waals surface area contributed by atoms with E-state index in [1.807, 2.05) is 0 Å².